The van der Waals surface area contributed by atoms with Crippen molar-refractivity contribution >= 4 is 11.3 Å². The number of hydrogen-bond acceptors (Lipinski definition) is 2. The molecule has 0 spiro atoms. The van der Waals surface area contributed by atoms with Crippen LogP contribution >= 0.6 is 11.3 Å². The van der Waals surface area contributed by atoms with Crippen molar-refractivity contribution in [2.75, 3.05) is 6.54 Å². The molecule has 1 atom stereocenters. The van der Waals surface area contributed by atoms with Crippen LogP contribution < -0.4 is 5.32 Å². The standard InChI is InChI=1S/C16H19NS/c1-12-4-5-13-6-7-16(15(13)11-12)17-9-8-14-3-2-10-18-14/h2-5,10-11,16-17H,6-9H2,1H3. The lowest BCUT2D eigenvalue weighted by atomic mass is 10.1. The van der Waals surface area contributed by atoms with Gasteiger partial charge in [0.2, 0.25) is 0 Å². The first kappa shape index (κ1) is 11.9. The Balaban J connectivity index is 1.61. The van der Waals surface area contributed by atoms with Crippen molar-refractivity contribution in [2.24, 2.45) is 0 Å². The first-order chi connectivity index (χ1) is 8.83. The van der Waals surface area contributed by atoms with Crippen LogP contribution in [-0.2, 0) is 12.8 Å². The van der Waals surface area contributed by atoms with E-state index in [1.54, 1.807) is 0 Å². The number of rotatable bonds is 4. The fourth-order valence-corrected chi connectivity index (χ4v) is 3.47. The zero-order chi connectivity index (χ0) is 12.4. The summed E-state index contributed by atoms with van der Waals surface area (Å²) in [6.45, 7) is 3.26. The number of fused-ring (bicyclic) bond motifs is 1. The Morgan fingerprint density at radius 3 is 3.11 bits per heavy atom. The highest BCUT2D eigenvalue weighted by molar-refractivity contribution is 7.09. The highest BCUT2D eigenvalue weighted by Gasteiger charge is 2.21. The zero-order valence-electron chi connectivity index (χ0n) is 10.8. The average Bonchev–Trinajstić information content (AvgIpc) is 2.99. The van der Waals surface area contributed by atoms with Gasteiger partial charge < -0.3 is 5.32 Å². The van der Waals surface area contributed by atoms with Crippen molar-refractivity contribution in [1.82, 2.24) is 5.32 Å². The second kappa shape index (κ2) is 5.25. The Bertz CT molecular complexity index is 516. The van der Waals surface area contributed by atoms with Crippen LogP contribution in [0.2, 0.25) is 0 Å². The molecule has 1 nitrogen and oxygen atoms in total. The number of aryl methyl sites for hydroxylation is 2. The van der Waals surface area contributed by atoms with Gasteiger partial charge in [-0.2, -0.15) is 0 Å². The summed E-state index contributed by atoms with van der Waals surface area (Å²) in [7, 11) is 0. The molecule has 0 amide bonds. The predicted molar refractivity (Wildman–Crippen MR) is 78.3 cm³/mol. The van der Waals surface area contributed by atoms with E-state index < -0.39 is 0 Å². The molecule has 2 heteroatoms. The summed E-state index contributed by atoms with van der Waals surface area (Å²) < 4.78 is 0. The zero-order valence-corrected chi connectivity index (χ0v) is 11.6. The van der Waals surface area contributed by atoms with Crippen molar-refractivity contribution in [1.29, 1.82) is 0 Å². The SMILES string of the molecule is Cc1ccc2c(c1)C(NCCc1cccs1)CC2. The molecule has 0 saturated heterocycles. The normalized spacial score (nSPS) is 17.9. The van der Waals surface area contributed by atoms with Crippen LogP contribution in [0.25, 0.3) is 0 Å². The largest absolute Gasteiger partial charge is 0.310 e. The third kappa shape index (κ3) is 2.50. The van der Waals surface area contributed by atoms with Crippen molar-refractivity contribution in [3.63, 3.8) is 0 Å². The topological polar surface area (TPSA) is 12.0 Å². The van der Waals surface area contributed by atoms with Gasteiger partial charge in [0.05, 0.1) is 0 Å². The Morgan fingerprint density at radius 2 is 2.28 bits per heavy atom. The van der Waals surface area contributed by atoms with Crippen LogP contribution in [0.4, 0.5) is 0 Å². The first-order valence-electron chi connectivity index (χ1n) is 6.68. The summed E-state index contributed by atoms with van der Waals surface area (Å²) in [6, 6.07) is 11.8. The van der Waals surface area contributed by atoms with Crippen LogP contribution in [0.5, 0.6) is 0 Å². The third-order valence-electron chi connectivity index (χ3n) is 3.72. The molecule has 0 aliphatic heterocycles. The highest BCUT2D eigenvalue weighted by Crippen LogP contribution is 2.31. The minimum atomic E-state index is 0.569. The minimum Gasteiger partial charge on any atom is -0.310 e. The van der Waals surface area contributed by atoms with Gasteiger partial charge in [-0.05, 0) is 48.8 Å². The van der Waals surface area contributed by atoms with E-state index in [2.05, 4.69) is 48.0 Å². The molecule has 94 valence electrons. The fraction of sp³-hybridized carbons (Fsp3) is 0.375. The van der Waals surface area contributed by atoms with Gasteiger partial charge in [0.15, 0.2) is 0 Å². The van der Waals surface area contributed by atoms with Crippen LogP contribution in [0.15, 0.2) is 35.7 Å². The first-order valence-corrected chi connectivity index (χ1v) is 7.56. The summed E-state index contributed by atoms with van der Waals surface area (Å²) in [4.78, 5) is 1.48. The van der Waals surface area contributed by atoms with Gasteiger partial charge in [-0.15, -0.1) is 11.3 Å². The second-order valence-electron chi connectivity index (χ2n) is 5.08. The quantitative estimate of drug-likeness (QED) is 0.876. The van der Waals surface area contributed by atoms with E-state index in [1.807, 2.05) is 11.3 Å². The van der Waals surface area contributed by atoms with E-state index in [9.17, 15) is 0 Å². The average molecular weight is 257 g/mol. The molecule has 3 rings (SSSR count). The fourth-order valence-electron chi connectivity index (χ4n) is 2.76. The van der Waals surface area contributed by atoms with Gasteiger partial charge >= 0.3 is 0 Å². The monoisotopic (exact) mass is 257 g/mol. The van der Waals surface area contributed by atoms with E-state index in [-0.39, 0.29) is 0 Å². The Hall–Kier alpha value is -1.12. The van der Waals surface area contributed by atoms with E-state index in [0.29, 0.717) is 6.04 Å². The Labute approximate surface area is 113 Å². The third-order valence-corrected chi connectivity index (χ3v) is 4.66. The molecule has 0 bridgehead atoms. The van der Waals surface area contributed by atoms with Gasteiger partial charge in [-0.3, -0.25) is 0 Å². The van der Waals surface area contributed by atoms with E-state index in [4.69, 9.17) is 0 Å². The maximum Gasteiger partial charge on any atom is 0.0326 e. The predicted octanol–water partition coefficient (Wildman–Crippen LogP) is 3.88. The number of thiophene rings is 1. The maximum atomic E-state index is 3.71. The molecule has 18 heavy (non-hydrogen) atoms. The minimum absolute atomic E-state index is 0.569. The summed E-state index contributed by atoms with van der Waals surface area (Å²) >= 11 is 1.85. The number of hydrogen-bond donors (Lipinski definition) is 1. The van der Waals surface area contributed by atoms with Crippen LogP contribution in [-0.4, -0.2) is 6.54 Å². The van der Waals surface area contributed by atoms with Crippen LogP contribution in [0.3, 0.4) is 0 Å². The molecule has 1 aromatic carbocycles. The van der Waals surface area contributed by atoms with Crippen molar-refractivity contribution in [3.8, 4) is 0 Å². The Morgan fingerprint density at radius 1 is 1.33 bits per heavy atom. The summed E-state index contributed by atoms with van der Waals surface area (Å²) in [6.07, 6.45) is 3.63. The second-order valence-corrected chi connectivity index (χ2v) is 6.11. The molecular weight excluding hydrogens is 238 g/mol. The molecule has 1 N–H and O–H groups in total. The summed E-state index contributed by atoms with van der Waals surface area (Å²) in [5, 5.41) is 5.87. The summed E-state index contributed by atoms with van der Waals surface area (Å²) in [5.74, 6) is 0. The molecule has 1 unspecified atom stereocenters. The van der Waals surface area contributed by atoms with Crippen molar-refractivity contribution in [3.05, 3.63) is 57.3 Å². The van der Waals surface area contributed by atoms with Crippen molar-refractivity contribution < 1.29 is 0 Å². The van der Waals surface area contributed by atoms with E-state index >= 15 is 0 Å². The van der Waals surface area contributed by atoms with E-state index in [0.717, 1.165) is 13.0 Å². The number of nitrogens with one attached hydrogen (secondary N) is 1. The Kier molecular flexibility index (Phi) is 3.48. The molecule has 0 fully saturated rings. The van der Waals surface area contributed by atoms with E-state index in [1.165, 1.54) is 34.4 Å². The van der Waals surface area contributed by atoms with Gasteiger partial charge in [-0.1, -0.05) is 29.8 Å². The van der Waals surface area contributed by atoms with Gasteiger partial charge in [0.25, 0.3) is 0 Å². The molecule has 1 aliphatic carbocycles. The van der Waals surface area contributed by atoms with Gasteiger partial charge in [0, 0.05) is 17.5 Å². The maximum absolute atomic E-state index is 3.71. The molecule has 1 aromatic heterocycles. The molecule has 1 aliphatic rings. The molecule has 0 saturated carbocycles. The lowest BCUT2D eigenvalue weighted by Crippen LogP contribution is -2.21. The smallest absolute Gasteiger partial charge is 0.0326 e. The van der Waals surface area contributed by atoms with Gasteiger partial charge in [-0.25, -0.2) is 0 Å². The van der Waals surface area contributed by atoms with Crippen molar-refractivity contribution in [2.45, 2.75) is 32.2 Å². The summed E-state index contributed by atoms with van der Waals surface area (Å²) in [5.41, 5.74) is 4.44. The van der Waals surface area contributed by atoms with Gasteiger partial charge in [0.1, 0.15) is 0 Å². The molecular formula is C16H19NS. The van der Waals surface area contributed by atoms with Crippen LogP contribution in [0.1, 0.15) is 34.0 Å². The lowest BCUT2D eigenvalue weighted by molar-refractivity contribution is 0.535. The molecule has 0 radical (unpaired) electrons. The molecule has 2 aromatic rings. The number of benzene rings is 1. The molecule has 1 heterocycles. The highest BCUT2D eigenvalue weighted by atomic mass is 32.1. The lowest BCUT2D eigenvalue weighted by Gasteiger charge is -2.14. The van der Waals surface area contributed by atoms with Crippen LogP contribution in [0, 0.1) is 6.92 Å².